The van der Waals surface area contributed by atoms with Crippen LogP contribution in [0.5, 0.6) is 0 Å². The number of rotatable bonds is 7. The van der Waals surface area contributed by atoms with Gasteiger partial charge in [-0.1, -0.05) is 40.2 Å². The predicted octanol–water partition coefficient (Wildman–Crippen LogP) is 2.73. The first-order valence-corrected chi connectivity index (χ1v) is 12.1. The molecule has 2 atom stereocenters. The van der Waals surface area contributed by atoms with Crippen LogP contribution in [0.3, 0.4) is 0 Å². The van der Waals surface area contributed by atoms with Gasteiger partial charge in [0.25, 0.3) is 11.8 Å². The summed E-state index contributed by atoms with van der Waals surface area (Å²) in [6.07, 6.45) is 0.873. The fourth-order valence-electron chi connectivity index (χ4n) is 3.34. The van der Waals surface area contributed by atoms with Crippen molar-refractivity contribution in [3.8, 4) is 0 Å². The molecule has 1 aliphatic rings. The molecule has 158 valence electrons. The fraction of sp³-hybridized carbons (Fsp3) is 0.286. The van der Waals surface area contributed by atoms with E-state index in [9.17, 15) is 22.8 Å². The topological polar surface area (TPSA) is 101 Å². The van der Waals surface area contributed by atoms with Crippen molar-refractivity contribution >= 4 is 43.5 Å². The van der Waals surface area contributed by atoms with Crippen LogP contribution in [-0.4, -0.2) is 49.1 Å². The maximum atomic E-state index is 13.1. The molecule has 9 heteroatoms. The van der Waals surface area contributed by atoms with E-state index < -0.39 is 39.6 Å². The third-order valence-electron chi connectivity index (χ3n) is 4.93. The summed E-state index contributed by atoms with van der Waals surface area (Å²) in [6, 6.07) is 12.0. The highest BCUT2D eigenvalue weighted by atomic mass is 79.9. The molecule has 1 aliphatic heterocycles. The van der Waals surface area contributed by atoms with E-state index in [1.165, 1.54) is 12.1 Å². The molecule has 3 rings (SSSR count). The van der Waals surface area contributed by atoms with Crippen molar-refractivity contribution < 1.29 is 22.8 Å². The number of nitrogens with zero attached hydrogens (tertiary/aromatic N) is 1. The van der Waals surface area contributed by atoms with Crippen molar-refractivity contribution in [2.24, 2.45) is 0 Å². The number of amides is 3. The molecule has 1 heterocycles. The lowest BCUT2D eigenvalue weighted by Gasteiger charge is -2.27. The zero-order chi connectivity index (χ0) is 22.1. The van der Waals surface area contributed by atoms with E-state index in [4.69, 9.17) is 0 Å². The van der Waals surface area contributed by atoms with Gasteiger partial charge < -0.3 is 5.32 Å². The molecule has 0 aromatic heterocycles. The summed E-state index contributed by atoms with van der Waals surface area (Å²) in [7, 11) is -3.40. The second kappa shape index (κ2) is 8.69. The summed E-state index contributed by atoms with van der Waals surface area (Å²) in [6.45, 7) is 1.77. The lowest BCUT2D eigenvalue weighted by atomic mass is 10.1. The van der Waals surface area contributed by atoms with Gasteiger partial charge in [0.15, 0.2) is 0 Å². The predicted molar refractivity (Wildman–Crippen MR) is 116 cm³/mol. The lowest BCUT2D eigenvalue weighted by Crippen LogP contribution is -2.50. The third-order valence-corrected chi connectivity index (χ3v) is 6.44. The second-order valence-corrected chi connectivity index (χ2v) is 10.4. The van der Waals surface area contributed by atoms with Crippen LogP contribution in [0.2, 0.25) is 0 Å². The van der Waals surface area contributed by atoms with Crippen LogP contribution in [0.4, 0.5) is 0 Å². The van der Waals surface area contributed by atoms with E-state index in [-0.39, 0.29) is 23.3 Å². The largest absolute Gasteiger partial charge is 0.348 e. The minimum Gasteiger partial charge on any atom is -0.348 e. The van der Waals surface area contributed by atoms with Gasteiger partial charge in [0.05, 0.1) is 22.9 Å². The second-order valence-electron chi connectivity index (χ2n) is 7.24. The van der Waals surface area contributed by atoms with Gasteiger partial charge in [0, 0.05) is 10.7 Å². The van der Waals surface area contributed by atoms with Gasteiger partial charge >= 0.3 is 0 Å². The fourth-order valence-corrected chi connectivity index (χ4v) is 4.25. The number of carbonyl (C=O) groups is 3. The Bertz CT molecular complexity index is 1060. The minimum atomic E-state index is -3.40. The Hall–Kier alpha value is -2.52. The molecule has 7 nitrogen and oxygen atoms in total. The molecule has 0 aliphatic carbocycles. The average molecular weight is 493 g/mol. The highest BCUT2D eigenvalue weighted by molar-refractivity contribution is 9.10. The van der Waals surface area contributed by atoms with Crippen molar-refractivity contribution in [2.45, 2.75) is 25.4 Å². The van der Waals surface area contributed by atoms with Gasteiger partial charge in [0.2, 0.25) is 5.91 Å². The molecule has 1 N–H and O–H groups in total. The molecule has 0 bridgehead atoms. The number of hydrogen-bond donors (Lipinski definition) is 1. The number of benzene rings is 2. The highest BCUT2D eigenvalue weighted by Gasteiger charge is 2.43. The number of carbonyl (C=O) groups excluding carboxylic acids is 3. The Morgan fingerprint density at radius 1 is 1.03 bits per heavy atom. The van der Waals surface area contributed by atoms with Crippen LogP contribution in [0.1, 0.15) is 45.7 Å². The van der Waals surface area contributed by atoms with E-state index >= 15 is 0 Å². The number of nitrogens with one attached hydrogen (secondary N) is 1. The van der Waals surface area contributed by atoms with Crippen LogP contribution >= 0.6 is 15.9 Å². The summed E-state index contributed by atoms with van der Waals surface area (Å²) < 4.78 is 24.3. The maximum absolute atomic E-state index is 13.1. The summed E-state index contributed by atoms with van der Waals surface area (Å²) in [4.78, 5) is 39.6. The van der Waals surface area contributed by atoms with E-state index in [0.717, 1.165) is 21.2 Å². The number of sulfone groups is 1. The van der Waals surface area contributed by atoms with Gasteiger partial charge in [-0.3, -0.25) is 19.3 Å². The van der Waals surface area contributed by atoms with Crippen molar-refractivity contribution in [2.75, 3.05) is 12.0 Å². The number of imide groups is 1. The van der Waals surface area contributed by atoms with Crippen molar-refractivity contribution in [1.82, 2.24) is 10.2 Å². The van der Waals surface area contributed by atoms with Crippen LogP contribution < -0.4 is 5.32 Å². The van der Waals surface area contributed by atoms with E-state index in [0.29, 0.717) is 0 Å². The molecule has 0 unspecified atom stereocenters. The molecule has 30 heavy (non-hydrogen) atoms. The molecule has 0 saturated carbocycles. The van der Waals surface area contributed by atoms with Gasteiger partial charge in [-0.05, 0) is 43.2 Å². The zero-order valence-electron chi connectivity index (χ0n) is 16.5. The standard InChI is InChI=1S/C21H21BrN2O5S/c1-13(14-7-9-15(22)10-8-14)23-19(25)18(11-12-30(2,28)29)24-20(26)16-5-3-4-6-17(16)21(24)27/h3-10,13,18H,11-12H2,1-2H3,(H,23,25)/t13-,18+/m1/s1. The molecular formula is C21H21BrN2O5S. The minimum absolute atomic E-state index is 0.177. The molecule has 2 aromatic carbocycles. The number of halogens is 1. The van der Waals surface area contributed by atoms with Crippen LogP contribution in [-0.2, 0) is 14.6 Å². The van der Waals surface area contributed by atoms with Crippen molar-refractivity contribution in [3.05, 3.63) is 69.7 Å². The first-order valence-electron chi connectivity index (χ1n) is 9.29. The van der Waals surface area contributed by atoms with Crippen molar-refractivity contribution in [3.63, 3.8) is 0 Å². The van der Waals surface area contributed by atoms with Crippen LogP contribution in [0, 0.1) is 0 Å². The van der Waals surface area contributed by atoms with Crippen LogP contribution in [0.25, 0.3) is 0 Å². The molecule has 0 radical (unpaired) electrons. The summed E-state index contributed by atoms with van der Waals surface area (Å²) in [5.41, 5.74) is 1.25. The molecule has 0 fully saturated rings. The van der Waals surface area contributed by atoms with E-state index in [1.807, 2.05) is 24.3 Å². The van der Waals surface area contributed by atoms with Crippen molar-refractivity contribution in [1.29, 1.82) is 0 Å². The number of fused-ring (bicyclic) bond motifs is 1. The summed E-state index contributed by atoms with van der Waals surface area (Å²) in [5, 5.41) is 2.80. The van der Waals surface area contributed by atoms with E-state index in [2.05, 4.69) is 21.2 Å². The third kappa shape index (κ3) is 4.79. The van der Waals surface area contributed by atoms with Gasteiger partial charge in [-0.15, -0.1) is 0 Å². The summed E-state index contributed by atoms with van der Waals surface area (Å²) >= 11 is 3.35. The van der Waals surface area contributed by atoms with Crippen LogP contribution in [0.15, 0.2) is 53.0 Å². The monoisotopic (exact) mass is 492 g/mol. The molecular weight excluding hydrogens is 472 g/mol. The normalized spacial score (nSPS) is 15.6. The Morgan fingerprint density at radius 3 is 2.07 bits per heavy atom. The Balaban J connectivity index is 1.87. The SMILES string of the molecule is C[C@@H](NC(=O)[C@H](CCS(C)(=O)=O)N1C(=O)c2ccccc2C1=O)c1ccc(Br)cc1. The summed E-state index contributed by atoms with van der Waals surface area (Å²) in [5.74, 6) is -2.10. The Kier molecular flexibility index (Phi) is 6.42. The quantitative estimate of drug-likeness (QED) is 0.598. The molecule has 2 aromatic rings. The zero-order valence-corrected chi connectivity index (χ0v) is 18.9. The van der Waals surface area contributed by atoms with Gasteiger partial charge in [-0.25, -0.2) is 8.42 Å². The lowest BCUT2D eigenvalue weighted by molar-refractivity contribution is -0.125. The average Bonchev–Trinajstić information content (AvgIpc) is 2.93. The number of hydrogen-bond acceptors (Lipinski definition) is 5. The first-order chi connectivity index (χ1) is 14.1. The molecule has 3 amide bonds. The maximum Gasteiger partial charge on any atom is 0.262 e. The van der Waals surface area contributed by atoms with Gasteiger partial charge in [-0.2, -0.15) is 0 Å². The Labute approximate surface area is 183 Å². The smallest absolute Gasteiger partial charge is 0.262 e. The molecule has 0 saturated heterocycles. The molecule has 0 spiro atoms. The van der Waals surface area contributed by atoms with E-state index in [1.54, 1.807) is 19.1 Å². The van der Waals surface area contributed by atoms with Gasteiger partial charge in [0.1, 0.15) is 15.9 Å². The first kappa shape index (κ1) is 22.2. The Morgan fingerprint density at radius 2 is 1.57 bits per heavy atom. The highest BCUT2D eigenvalue weighted by Crippen LogP contribution is 2.26.